The molecule has 1 N–H and O–H groups in total. The van der Waals surface area contributed by atoms with Gasteiger partial charge in [0.05, 0.1) is 0 Å². The Hall–Kier alpha value is -2.24. The van der Waals surface area contributed by atoms with E-state index in [0.717, 1.165) is 4.57 Å². The fourth-order valence-corrected chi connectivity index (χ4v) is 1.02. The highest BCUT2D eigenvalue weighted by Crippen LogP contribution is 1.87. The van der Waals surface area contributed by atoms with Crippen molar-refractivity contribution in [2.45, 2.75) is 0 Å². The van der Waals surface area contributed by atoms with Gasteiger partial charge in [0.15, 0.2) is 0 Å². The Kier molecular flexibility index (Phi) is 1.94. The second-order valence-corrected chi connectivity index (χ2v) is 2.51. The zero-order valence-corrected chi connectivity index (χ0v) is 7.04. The molecule has 0 unspecified atom stereocenters. The SMILES string of the molecule is O=c1cc[nH]c(=O)n1-c1ncccn1. The van der Waals surface area contributed by atoms with E-state index in [1.807, 2.05) is 0 Å². The lowest BCUT2D eigenvalue weighted by Crippen LogP contribution is -2.33. The van der Waals surface area contributed by atoms with Gasteiger partial charge in [-0.1, -0.05) is 0 Å². The predicted octanol–water partition coefficient (Wildman–Crippen LogP) is -0.684. The Bertz CT molecular complexity index is 515. The maximum absolute atomic E-state index is 11.3. The third-order valence-corrected chi connectivity index (χ3v) is 1.61. The first-order valence-corrected chi connectivity index (χ1v) is 3.87. The van der Waals surface area contributed by atoms with Crippen molar-refractivity contribution in [3.8, 4) is 5.95 Å². The molecule has 0 spiro atoms. The molecule has 14 heavy (non-hydrogen) atoms. The molecule has 0 aliphatic heterocycles. The molecule has 0 fully saturated rings. The van der Waals surface area contributed by atoms with E-state index in [1.54, 1.807) is 6.07 Å². The van der Waals surface area contributed by atoms with Gasteiger partial charge < -0.3 is 4.98 Å². The van der Waals surface area contributed by atoms with Gasteiger partial charge in [-0.05, 0) is 6.07 Å². The molecule has 0 aliphatic carbocycles. The van der Waals surface area contributed by atoms with Crippen LogP contribution in [0.1, 0.15) is 0 Å². The van der Waals surface area contributed by atoms with Crippen LogP contribution in [0.3, 0.4) is 0 Å². The molecule has 0 amide bonds. The molecule has 0 bridgehead atoms. The van der Waals surface area contributed by atoms with Crippen molar-refractivity contribution < 1.29 is 0 Å². The van der Waals surface area contributed by atoms with E-state index in [2.05, 4.69) is 15.0 Å². The molecular formula is C8H6N4O2. The van der Waals surface area contributed by atoms with Crippen molar-refractivity contribution in [1.82, 2.24) is 19.5 Å². The molecular weight excluding hydrogens is 184 g/mol. The lowest BCUT2D eigenvalue weighted by molar-refractivity contribution is 0.811. The third-order valence-electron chi connectivity index (χ3n) is 1.61. The second kappa shape index (κ2) is 3.25. The van der Waals surface area contributed by atoms with Gasteiger partial charge in [0, 0.05) is 24.7 Å². The number of H-pyrrole nitrogens is 1. The summed E-state index contributed by atoms with van der Waals surface area (Å²) in [6, 6.07) is 2.84. The normalized spacial score (nSPS) is 10.0. The van der Waals surface area contributed by atoms with Gasteiger partial charge in [-0.15, -0.1) is 0 Å². The fraction of sp³-hybridized carbons (Fsp3) is 0. The number of nitrogens with zero attached hydrogens (tertiary/aromatic N) is 3. The molecule has 2 rings (SSSR count). The van der Waals surface area contributed by atoms with E-state index in [1.165, 1.54) is 24.7 Å². The van der Waals surface area contributed by atoms with Crippen LogP contribution >= 0.6 is 0 Å². The third kappa shape index (κ3) is 1.33. The summed E-state index contributed by atoms with van der Waals surface area (Å²) >= 11 is 0. The van der Waals surface area contributed by atoms with Crippen molar-refractivity contribution in [3.63, 3.8) is 0 Å². The van der Waals surface area contributed by atoms with Crippen molar-refractivity contribution >= 4 is 0 Å². The van der Waals surface area contributed by atoms with Gasteiger partial charge in [0.2, 0.25) is 5.95 Å². The van der Waals surface area contributed by atoms with Gasteiger partial charge >= 0.3 is 5.69 Å². The van der Waals surface area contributed by atoms with Crippen molar-refractivity contribution in [1.29, 1.82) is 0 Å². The summed E-state index contributed by atoms with van der Waals surface area (Å²) in [6.07, 6.45) is 4.20. The molecule has 0 saturated heterocycles. The lowest BCUT2D eigenvalue weighted by atomic mass is 10.6. The Morgan fingerprint density at radius 1 is 1.21 bits per heavy atom. The van der Waals surface area contributed by atoms with E-state index in [4.69, 9.17) is 0 Å². The summed E-state index contributed by atoms with van der Waals surface area (Å²) < 4.78 is 0.861. The Labute approximate surface area is 77.9 Å². The molecule has 0 aliphatic rings. The van der Waals surface area contributed by atoms with Gasteiger partial charge in [0.1, 0.15) is 0 Å². The molecule has 6 heteroatoms. The number of aromatic amines is 1. The maximum Gasteiger partial charge on any atom is 0.335 e. The van der Waals surface area contributed by atoms with E-state index < -0.39 is 11.2 Å². The molecule has 0 radical (unpaired) electrons. The monoisotopic (exact) mass is 190 g/mol. The fourth-order valence-electron chi connectivity index (χ4n) is 1.02. The Morgan fingerprint density at radius 2 is 1.93 bits per heavy atom. The first-order chi connectivity index (χ1) is 6.79. The summed E-state index contributed by atoms with van der Waals surface area (Å²) in [5, 5.41) is 0. The lowest BCUT2D eigenvalue weighted by Gasteiger charge is -1.98. The number of nitrogens with one attached hydrogen (secondary N) is 1. The largest absolute Gasteiger partial charge is 0.335 e. The first-order valence-electron chi connectivity index (χ1n) is 3.87. The summed E-state index contributed by atoms with van der Waals surface area (Å²) in [7, 11) is 0. The van der Waals surface area contributed by atoms with Crippen LogP contribution in [0.15, 0.2) is 40.3 Å². The summed E-state index contributed by atoms with van der Waals surface area (Å²) in [6.45, 7) is 0. The van der Waals surface area contributed by atoms with E-state index >= 15 is 0 Å². The van der Waals surface area contributed by atoms with Crippen LogP contribution in [0, 0.1) is 0 Å². The molecule has 0 aromatic carbocycles. The first kappa shape index (κ1) is 8.36. The molecule has 2 aromatic rings. The zero-order valence-electron chi connectivity index (χ0n) is 7.04. The van der Waals surface area contributed by atoms with Crippen LogP contribution in [0.4, 0.5) is 0 Å². The number of aromatic nitrogens is 4. The van der Waals surface area contributed by atoms with Crippen LogP contribution < -0.4 is 11.2 Å². The molecule has 70 valence electrons. The minimum atomic E-state index is -0.552. The molecule has 0 atom stereocenters. The summed E-state index contributed by atoms with van der Waals surface area (Å²) in [5.41, 5.74) is -1.01. The minimum absolute atomic E-state index is 0.0688. The number of hydrogen-bond acceptors (Lipinski definition) is 4. The number of hydrogen-bond donors (Lipinski definition) is 1. The van der Waals surface area contributed by atoms with Crippen molar-refractivity contribution in [2.24, 2.45) is 0 Å². The van der Waals surface area contributed by atoms with Crippen molar-refractivity contribution in [3.05, 3.63) is 51.6 Å². The average Bonchev–Trinajstić information content (AvgIpc) is 2.19. The highest BCUT2D eigenvalue weighted by molar-refractivity contribution is 5.09. The van der Waals surface area contributed by atoms with Crippen LogP contribution in [0.25, 0.3) is 5.95 Å². The van der Waals surface area contributed by atoms with Crippen LogP contribution in [-0.2, 0) is 0 Å². The second-order valence-electron chi connectivity index (χ2n) is 2.51. The smallest absolute Gasteiger partial charge is 0.314 e. The minimum Gasteiger partial charge on any atom is -0.314 e. The highest BCUT2D eigenvalue weighted by Gasteiger charge is 2.04. The van der Waals surface area contributed by atoms with Crippen LogP contribution in [-0.4, -0.2) is 19.5 Å². The topological polar surface area (TPSA) is 80.6 Å². The van der Waals surface area contributed by atoms with E-state index in [-0.39, 0.29) is 5.95 Å². The van der Waals surface area contributed by atoms with E-state index in [0.29, 0.717) is 0 Å². The van der Waals surface area contributed by atoms with E-state index in [9.17, 15) is 9.59 Å². The van der Waals surface area contributed by atoms with Gasteiger partial charge in [-0.2, -0.15) is 4.57 Å². The summed E-state index contributed by atoms with van der Waals surface area (Å²) in [5.74, 6) is 0.0688. The summed E-state index contributed by atoms with van der Waals surface area (Å²) in [4.78, 5) is 32.5. The molecule has 2 heterocycles. The van der Waals surface area contributed by atoms with Crippen LogP contribution in [0.5, 0.6) is 0 Å². The predicted molar refractivity (Wildman–Crippen MR) is 48.2 cm³/mol. The molecule has 6 nitrogen and oxygen atoms in total. The standard InChI is InChI=1S/C8H6N4O2/c13-6-2-5-11-8(14)12(6)7-9-3-1-4-10-7/h1-5H,(H,11,14). The van der Waals surface area contributed by atoms with Gasteiger partial charge in [-0.3, -0.25) is 4.79 Å². The molecule has 0 saturated carbocycles. The quantitative estimate of drug-likeness (QED) is 0.645. The Balaban J connectivity index is 2.76. The highest BCUT2D eigenvalue weighted by atomic mass is 16.2. The van der Waals surface area contributed by atoms with Crippen LogP contribution in [0.2, 0.25) is 0 Å². The maximum atomic E-state index is 11.3. The Morgan fingerprint density at radius 3 is 2.57 bits per heavy atom. The average molecular weight is 190 g/mol. The molecule has 2 aromatic heterocycles. The number of rotatable bonds is 1. The van der Waals surface area contributed by atoms with Gasteiger partial charge in [0.25, 0.3) is 5.56 Å². The zero-order chi connectivity index (χ0) is 9.97. The van der Waals surface area contributed by atoms with Crippen molar-refractivity contribution in [2.75, 3.05) is 0 Å². The van der Waals surface area contributed by atoms with Gasteiger partial charge in [-0.25, -0.2) is 14.8 Å².